The Balaban J connectivity index is 0.000000531. The van der Waals surface area contributed by atoms with E-state index in [9.17, 15) is 0 Å². The Morgan fingerprint density at radius 1 is 1.33 bits per heavy atom. The minimum atomic E-state index is 0.796. The van der Waals surface area contributed by atoms with Gasteiger partial charge in [-0.05, 0) is 19.9 Å². The molecule has 0 unspecified atom stereocenters. The molecule has 2 aromatic heterocycles. The summed E-state index contributed by atoms with van der Waals surface area (Å²) < 4.78 is 6.82. The van der Waals surface area contributed by atoms with E-state index in [2.05, 4.69) is 10.3 Å². The maximum atomic E-state index is 4.96. The second-order valence-electron chi connectivity index (χ2n) is 2.88. The fourth-order valence-corrected chi connectivity index (χ4v) is 1.16. The quantitative estimate of drug-likeness (QED) is 0.760. The Morgan fingerprint density at radius 3 is 2.53 bits per heavy atom. The molecule has 2 aromatic rings. The standard InChI is InChI=1S/C9H11N3O.C2H6/c1-3-12-5-4-8(10-12)9-6-7(2)13-11-9;1-2/h4-6H,3H2,1-2H3;1-2H3. The lowest BCUT2D eigenvalue weighted by molar-refractivity contribution is 0.399. The lowest BCUT2D eigenvalue weighted by Crippen LogP contribution is -1.93. The summed E-state index contributed by atoms with van der Waals surface area (Å²) in [5.41, 5.74) is 1.66. The van der Waals surface area contributed by atoms with Crippen molar-refractivity contribution in [3.05, 3.63) is 24.1 Å². The first kappa shape index (κ1) is 11.5. The average molecular weight is 207 g/mol. The zero-order valence-corrected chi connectivity index (χ0v) is 9.69. The van der Waals surface area contributed by atoms with Crippen molar-refractivity contribution in [3.8, 4) is 11.4 Å². The minimum absolute atomic E-state index is 0.796. The summed E-state index contributed by atoms with van der Waals surface area (Å²) in [6.07, 6.45) is 1.93. The van der Waals surface area contributed by atoms with Crippen molar-refractivity contribution in [2.45, 2.75) is 34.2 Å². The van der Waals surface area contributed by atoms with Crippen LogP contribution in [0.25, 0.3) is 11.4 Å². The summed E-state index contributed by atoms with van der Waals surface area (Å²) >= 11 is 0. The summed E-state index contributed by atoms with van der Waals surface area (Å²) in [5, 5.41) is 8.19. The molecule has 0 aromatic carbocycles. The highest BCUT2D eigenvalue weighted by molar-refractivity contribution is 5.52. The van der Waals surface area contributed by atoms with Crippen LogP contribution in [0.1, 0.15) is 26.5 Å². The first-order valence-corrected chi connectivity index (χ1v) is 5.26. The summed E-state index contributed by atoms with van der Waals surface area (Å²) in [7, 11) is 0. The zero-order chi connectivity index (χ0) is 11.3. The largest absolute Gasteiger partial charge is 0.361 e. The van der Waals surface area contributed by atoms with Gasteiger partial charge in [0.2, 0.25) is 0 Å². The van der Waals surface area contributed by atoms with E-state index in [0.29, 0.717) is 0 Å². The van der Waals surface area contributed by atoms with Gasteiger partial charge < -0.3 is 4.52 Å². The molecule has 0 amide bonds. The van der Waals surface area contributed by atoms with Crippen molar-refractivity contribution < 1.29 is 4.52 Å². The fourth-order valence-electron chi connectivity index (χ4n) is 1.16. The number of aromatic nitrogens is 3. The van der Waals surface area contributed by atoms with Gasteiger partial charge in [-0.25, -0.2) is 0 Å². The monoisotopic (exact) mass is 207 g/mol. The number of nitrogens with zero attached hydrogens (tertiary/aromatic N) is 3. The maximum absolute atomic E-state index is 4.96. The molecule has 0 radical (unpaired) electrons. The van der Waals surface area contributed by atoms with Crippen LogP contribution in [0.15, 0.2) is 22.9 Å². The Morgan fingerprint density at radius 2 is 2.07 bits per heavy atom. The molecule has 0 saturated carbocycles. The second-order valence-corrected chi connectivity index (χ2v) is 2.88. The van der Waals surface area contributed by atoms with Crippen LogP contribution in [0.4, 0.5) is 0 Å². The molecule has 4 heteroatoms. The topological polar surface area (TPSA) is 43.9 Å². The van der Waals surface area contributed by atoms with Gasteiger partial charge in [0.05, 0.1) is 0 Å². The smallest absolute Gasteiger partial charge is 0.134 e. The fraction of sp³-hybridized carbons (Fsp3) is 0.455. The van der Waals surface area contributed by atoms with E-state index in [1.54, 1.807) is 0 Å². The van der Waals surface area contributed by atoms with Crippen molar-refractivity contribution in [1.29, 1.82) is 0 Å². The lowest BCUT2D eigenvalue weighted by Gasteiger charge is -1.90. The van der Waals surface area contributed by atoms with Gasteiger partial charge in [0.1, 0.15) is 17.1 Å². The molecular weight excluding hydrogens is 190 g/mol. The minimum Gasteiger partial charge on any atom is -0.361 e. The van der Waals surface area contributed by atoms with Crippen LogP contribution in [0.3, 0.4) is 0 Å². The van der Waals surface area contributed by atoms with Crippen LogP contribution in [0.5, 0.6) is 0 Å². The average Bonchev–Trinajstić information content (AvgIpc) is 2.88. The van der Waals surface area contributed by atoms with E-state index in [4.69, 9.17) is 4.52 Å². The predicted octanol–water partition coefficient (Wildman–Crippen LogP) is 2.89. The predicted molar refractivity (Wildman–Crippen MR) is 59.5 cm³/mol. The first-order valence-electron chi connectivity index (χ1n) is 5.26. The molecule has 0 atom stereocenters. The number of hydrogen-bond donors (Lipinski definition) is 0. The van der Waals surface area contributed by atoms with E-state index < -0.39 is 0 Å². The van der Waals surface area contributed by atoms with Crippen LogP contribution in [0.2, 0.25) is 0 Å². The summed E-state index contributed by atoms with van der Waals surface area (Å²) in [4.78, 5) is 0. The van der Waals surface area contributed by atoms with E-state index in [1.807, 2.05) is 50.7 Å². The third-order valence-corrected chi connectivity index (χ3v) is 1.86. The molecule has 0 aliphatic carbocycles. The highest BCUT2D eigenvalue weighted by Crippen LogP contribution is 2.15. The Hall–Kier alpha value is -1.58. The van der Waals surface area contributed by atoms with Crippen molar-refractivity contribution in [2.75, 3.05) is 0 Å². The van der Waals surface area contributed by atoms with Crippen molar-refractivity contribution in [3.63, 3.8) is 0 Å². The number of hydrogen-bond acceptors (Lipinski definition) is 3. The first-order chi connectivity index (χ1) is 7.29. The molecule has 0 bridgehead atoms. The normalized spacial score (nSPS) is 9.60. The van der Waals surface area contributed by atoms with Crippen molar-refractivity contribution >= 4 is 0 Å². The van der Waals surface area contributed by atoms with Crippen molar-refractivity contribution in [1.82, 2.24) is 14.9 Å². The van der Waals surface area contributed by atoms with E-state index in [1.165, 1.54) is 0 Å². The molecule has 82 valence electrons. The number of aryl methyl sites for hydroxylation is 2. The Bertz CT molecular complexity index is 403. The molecule has 15 heavy (non-hydrogen) atoms. The van der Waals surface area contributed by atoms with Crippen LogP contribution in [-0.2, 0) is 6.54 Å². The molecule has 2 heterocycles. The van der Waals surface area contributed by atoms with E-state index in [0.717, 1.165) is 23.7 Å². The van der Waals surface area contributed by atoms with Gasteiger partial charge in [-0.3, -0.25) is 4.68 Å². The third kappa shape index (κ3) is 2.68. The third-order valence-electron chi connectivity index (χ3n) is 1.86. The van der Waals surface area contributed by atoms with Gasteiger partial charge in [-0.15, -0.1) is 0 Å². The maximum Gasteiger partial charge on any atom is 0.134 e. The van der Waals surface area contributed by atoms with E-state index >= 15 is 0 Å². The Kier molecular flexibility index (Phi) is 4.09. The lowest BCUT2D eigenvalue weighted by atomic mass is 10.3. The van der Waals surface area contributed by atoms with Crippen molar-refractivity contribution in [2.24, 2.45) is 0 Å². The highest BCUT2D eigenvalue weighted by Gasteiger charge is 2.05. The summed E-state index contributed by atoms with van der Waals surface area (Å²) in [6, 6.07) is 3.81. The molecule has 0 N–H and O–H groups in total. The second kappa shape index (κ2) is 5.34. The van der Waals surface area contributed by atoms with E-state index in [-0.39, 0.29) is 0 Å². The molecular formula is C11H17N3O. The van der Waals surface area contributed by atoms with Gasteiger partial charge in [0, 0.05) is 18.8 Å². The molecule has 0 aliphatic heterocycles. The molecule has 2 rings (SSSR count). The van der Waals surface area contributed by atoms with Crippen LogP contribution in [0, 0.1) is 6.92 Å². The molecule has 0 saturated heterocycles. The SMILES string of the molecule is CC.CCn1ccc(-c2cc(C)on2)n1. The van der Waals surface area contributed by atoms with Gasteiger partial charge in [-0.2, -0.15) is 5.10 Å². The summed E-state index contributed by atoms with van der Waals surface area (Å²) in [6.45, 7) is 8.79. The molecule has 0 spiro atoms. The van der Waals surface area contributed by atoms with Gasteiger partial charge in [0.25, 0.3) is 0 Å². The number of rotatable bonds is 2. The van der Waals surface area contributed by atoms with Gasteiger partial charge >= 0.3 is 0 Å². The van der Waals surface area contributed by atoms with Crippen LogP contribution < -0.4 is 0 Å². The zero-order valence-electron chi connectivity index (χ0n) is 9.69. The molecule has 0 aliphatic rings. The van der Waals surface area contributed by atoms with Crippen LogP contribution in [-0.4, -0.2) is 14.9 Å². The highest BCUT2D eigenvalue weighted by atomic mass is 16.5. The summed E-state index contributed by atoms with van der Waals surface area (Å²) in [5.74, 6) is 0.807. The van der Waals surface area contributed by atoms with Crippen LogP contribution >= 0.6 is 0 Å². The van der Waals surface area contributed by atoms with Gasteiger partial charge in [-0.1, -0.05) is 19.0 Å². The Labute approximate surface area is 89.9 Å². The molecule has 0 fully saturated rings. The van der Waals surface area contributed by atoms with Gasteiger partial charge in [0.15, 0.2) is 0 Å². The molecule has 4 nitrogen and oxygen atoms in total.